The van der Waals surface area contributed by atoms with Gasteiger partial charge in [-0.15, -0.1) is 0 Å². The third-order valence-corrected chi connectivity index (χ3v) is 5.47. The minimum atomic E-state index is 0.0785. The van der Waals surface area contributed by atoms with E-state index in [0.717, 1.165) is 47.8 Å². The van der Waals surface area contributed by atoms with Gasteiger partial charge in [-0.05, 0) is 48.9 Å². The first-order valence-electron chi connectivity index (χ1n) is 9.48. The highest BCUT2D eigenvalue weighted by Gasteiger charge is 2.29. The van der Waals surface area contributed by atoms with Crippen molar-refractivity contribution < 1.29 is 4.79 Å². The molecule has 1 amide bonds. The van der Waals surface area contributed by atoms with Gasteiger partial charge in [0.25, 0.3) is 5.91 Å². The molecular formula is C23H24N2O. The summed E-state index contributed by atoms with van der Waals surface area (Å²) in [5.41, 5.74) is 4.97. The number of hydrogen-bond donors (Lipinski definition) is 0. The van der Waals surface area contributed by atoms with Crippen molar-refractivity contribution >= 4 is 16.8 Å². The van der Waals surface area contributed by atoms with Crippen LogP contribution in [0.1, 0.15) is 42.7 Å². The summed E-state index contributed by atoms with van der Waals surface area (Å²) in [6, 6.07) is 18.8. The molecule has 1 aliphatic rings. The molecule has 26 heavy (non-hydrogen) atoms. The zero-order valence-electron chi connectivity index (χ0n) is 15.4. The van der Waals surface area contributed by atoms with Crippen LogP contribution >= 0.6 is 0 Å². The van der Waals surface area contributed by atoms with Crippen LogP contribution in [-0.4, -0.2) is 28.4 Å². The minimum absolute atomic E-state index is 0.0785. The Hall–Kier alpha value is -2.68. The van der Waals surface area contributed by atoms with Crippen LogP contribution in [0, 0.1) is 0 Å². The van der Waals surface area contributed by atoms with Gasteiger partial charge in [-0.3, -0.25) is 4.79 Å². The Balaban J connectivity index is 2.00. The van der Waals surface area contributed by atoms with Crippen LogP contribution in [0.25, 0.3) is 22.0 Å². The van der Waals surface area contributed by atoms with E-state index in [1.807, 2.05) is 29.2 Å². The lowest BCUT2D eigenvalue weighted by Crippen LogP contribution is -2.38. The van der Waals surface area contributed by atoms with E-state index >= 15 is 0 Å². The summed E-state index contributed by atoms with van der Waals surface area (Å²) in [5, 5.41) is 1.13. The summed E-state index contributed by atoms with van der Waals surface area (Å²) in [5.74, 6) is 0.0785. The highest BCUT2D eigenvalue weighted by Crippen LogP contribution is 2.35. The van der Waals surface area contributed by atoms with Crippen molar-refractivity contribution in [3.63, 3.8) is 0 Å². The van der Waals surface area contributed by atoms with Crippen LogP contribution in [0.3, 0.4) is 0 Å². The lowest BCUT2D eigenvalue weighted by molar-refractivity contribution is 0.0689. The summed E-state index contributed by atoms with van der Waals surface area (Å²) in [7, 11) is 0. The fraction of sp³-hybridized carbons (Fsp3) is 0.304. The van der Waals surface area contributed by atoms with E-state index in [2.05, 4.69) is 44.2 Å². The topological polar surface area (TPSA) is 33.2 Å². The first kappa shape index (κ1) is 16.8. The number of carbonyl (C=O) groups is 1. The fourth-order valence-corrected chi connectivity index (χ4v) is 3.91. The second kappa shape index (κ2) is 6.91. The number of benzene rings is 2. The van der Waals surface area contributed by atoms with Gasteiger partial charge in [-0.2, -0.15) is 0 Å². The number of aromatic nitrogens is 1. The van der Waals surface area contributed by atoms with Gasteiger partial charge in [0.2, 0.25) is 0 Å². The first-order valence-corrected chi connectivity index (χ1v) is 9.48. The van der Waals surface area contributed by atoms with E-state index in [1.165, 1.54) is 5.56 Å². The molecule has 0 saturated carbocycles. The summed E-state index contributed by atoms with van der Waals surface area (Å²) in [6.07, 6.45) is 2.82. The zero-order valence-corrected chi connectivity index (χ0v) is 15.4. The van der Waals surface area contributed by atoms with Gasteiger partial charge in [-0.1, -0.05) is 55.5 Å². The molecule has 0 radical (unpaired) electrons. The molecule has 1 aromatic heterocycles. The SMILES string of the molecule is CC[C@@H](C)N1CCCc2c(nc3ccccc3c2-c2ccccc2)C1=O. The van der Waals surface area contributed by atoms with Crippen LogP contribution < -0.4 is 0 Å². The summed E-state index contributed by atoms with van der Waals surface area (Å²) >= 11 is 0. The Bertz CT molecular complexity index is 949. The molecular weight excluding hydrogens is 320 g/mol. The van der Waals surface area contributed by atoms with Crippen molar-refractivity contribution in [3.05, 3.63) is 65.9 Å². The van der Waals surface area contributed by atoms with E-state index < -0.39 is 0 Å². The van der Waals surface area contributed by atoms with E-state index in [-0.39, 0.29) is 11.9 Å². The normalized spacial score (nSPS) is 15.6. The van der Waals surface area contributed by atoms with Gasteiger partial charge in [0.1, 0.15) is 5.69 Å². The van der Waals surface area contributed by atoms with Crippen molar-refractivity contribution in [3.8, 4) is 11.1 Å². The molecule has 4 rings (SSSR count). The summed E-state index contributed by atoms with van der Waals surface area (Å²) in [4.78, 5) is 20.1. The third-order valence-electron chi connectivity index (χ3n) is 5.47. The molecule has 3 nitrogen and oxygen atoms in total. The Labute approximate surface area is 154 Å². The molecule has 3 heteroatoms. The van der Waals surface area contributed by atoms with Crippen molar-refractivity contribution in [2.75, 3.05) is 6.54 Å². The second-order valence-corrected chi connectivity index (χ2v) is 7.06. The lowest BCUT2D eigenvalue weighted by Gasteiger charge is -2.27. The van der Waals surface area contributed by atoms with E-state index in [4.69, 9.17) is 4.98 Å². The number of pyridine rings is 1. The number of fused-ring (bicyclic) bond motifs is 2. The Morgan fingerprint density at radius 2 is 1.81 bits per heavy atom. The van der Waals surface area contributed by atoms with Crippen molar-refractivity contribution in [2.24, 2.45) is 0 Å². The van der Waals surface area contributed by atoms with Crippen LogP contribution in [0.15, 0.2) is 54.6 Å². The van der Waals surface area contributed by atoms with Crippen LogP contribution in [0.5, 0.6) is 0 Å². The van der Waals surface area contributed by atoms with Gasteiger partial charge in [0.15, 0.2) is 0 Å². The molecule has 0 bridgehead atoms. The lowest BCUT2D eigenvalue weighted by atomic mass is 9.92. The minimum Gasteiger partial charge on any atom is -0.335 e. The van der Waals surface area contributed by atoms with Crippen LogP contribution in [-0.2, 0) is 6.42 Å². The van der Waals surface area contributed by atoms with E-state index in [1.54, 1.807) is 0 Å². The van der Waals surface area contributed by atoms with Crippen molar-refractivity contribution in [1.82, 2.24) is 9.88 Å². The van der Waals surface area contributed by atoms with Crippen molar-refractivity contribution in [2.45, 2.75) is 39.2 Å². The number of rotatable bonds is 3. The largest absolute Gasteiger partial charge is 0.335 e. The molecule has 0 aliphatic carbocycles. The maximum Gasteiger partial charge on any atom is 0.273 e. The molecule has 0 saturated heterocycles. The standard InChI is InChI=1S/C23H24N2O/c1-3-16(2)25-15-9-13-19-21(17-10-5-4-6-11-17)18-12-7-8-14-20(18)24-22(19)23(25)26/h4-8,10-12,14,16H,3,9,13,15H2,1-2H3/t16-/m1/s1. The highest BCUT2D eigenvalue weighted by atomic mass is 16.2. The fourth-order valence-electron chi connectivity index (χ4n) is 3.91. The Kier molecular flexibility index (Phi) is 4.46. The molecule has 0 N–H and O–H groups in total. The summed E-state index contributed by atoms with van der Waals surface area (Å²) in [6.45, 7) is 5.06. The number of para-hydroxylation sites is 1. The van der Waals surface area contributed by atoms with E-state index in [0.29, 0.717) is 5.69 Å². The molecule has 3 aromatic rings. The zero-order chi connectivity index (χ0) is 18.1. The number of carbonyl (C=O) groups excluding carboxylic acids is 1. The molecule has 0 unspecified atom stereocenters. The average Bonchev–Trinajstić information content (AvgIpc) is 2.85. The van der Waals surface area contributed by atoms with E-state index in [9.17, 15) is 4.79 Å². The number of amides is 1. The van der Waals surface area contributed by atoms with Gasteiger partial charge >= 0.3 is 0 Å². The molecule has 0 fully saturated rings. The maximum absolute atomic E-state index is 13.3. The van der Waals surface area contributed by atoms with Gasteiger partial charge in [0.05, 0.1) is 5.52 Å². The summed E-state index contributed by atoms with van der Waals surface area (Å²) < 4.78 is 0. The monoisotopic (exact) mass is 344 g/mol. The molecule has 0 spiro atoms. The Morgan fingerprint density at radius 3 is 2.58 bits per heavy atom. The highest BCUT2D eigenvalue weighted by molar-refractivity contribution is 6.04. The predicted octanol–water partition coefficient (Wildman–Crippen LogP) is 5.09. The third kappa shape index (κ3) is 2.78. The first-order chi connectivity index (χ1) is 12.7. The Morgan fingerprint density at radius 1 is 1.08 bits per heavy atom. The smallest absolute Gasteiger partial charge is 0.273 e. The maximum atomic E-state index is 13.3. The number of hydrogen-bond acceptors (Lipinski definition) is 2. The van der Waals surface area contributed by atoms with Crippen LogP contribution in [0.4, 0.5) is 0 Å². The molecule has 2 aromatic carbocycles. The molecule has 2 heterocycles. The van der Waals surface area contributed by atoms with Crippen molar-refractivity contribution in [1.29, 1.82) is 0 Å². The molecule has 1 aliphatic heterocycles. The quantitative estimate of drug-likeness (QED) is 0.663. The molecule has 1 atom stereocenters. The van der Waals surface area contributed by atoms with Gasteiger partial charge < -0.3 is 4.90 Å². The average molecular weight is 344 g/mol. The number of nitrogens with zero attached hydrogens (tertiary/aromatic N) is 2. The molecule has 132 valence electrons. The second-order valence-electron chi connectivity index (χ2n) is 7.06. The van der Waals surface area contributed by atoms with Gasteiger partial charge in [-0.25, -0.2) is 4.98 Å². The van der Waals surface area contributed by atoms with Crippen LogP contribution in [0.2, 0.25) is 0 Å². The van der Waals surface area contributed by atoms with Gasteiger partial charge in [0, 0.05) is 18.0 Å². The predicted molar refractivity (Wildman–Crippen MR) is 106 cm³/mol.